The number of hydrogen-bond acceptors (Lipinski definition) is 3. The molecule has 4 rings (SSSR count). The fraction of sp³-hybridized carbons (Fsp3) is 0.0435. The van der Waals surface area contributed by atoms with E-state index in [0.29, 0.717) is 16.9 Å². The summed E-state index contributed by atoms with van der Waals surface area (Å²) in [5.74, 6) is -0.457. The van der Waals surface area contributed by atoms with Gasteiger partial charge < -0.3 is 20.4 Å². The number of H-pyrrole nitrogens is 1. The molecule has 0 aliphatic heterocycles. The van der Waals surface area contributed by atoms with Gasteiger partial charge in [0.25, 0.3) is 0 Å². The van der Waals surface area contributed by atoms with Gasteiger partial charge in [0.05, 0.1) is 12.7 Å². The maximum atomic E-state index is 12.3. The van der Waals surface area contributed by atoms with Gasteiger partial charge in [-0.3, -0.25) is 0 Å². The number of nitrogens with one attached hydrogen (secondary N) is 3. The van der Waals surface area contributed by atoms with Crippen molar-refractivity contribution in [3.8, 4) is 11.3 Å². The third-order valence-electron chi connectivity index (χ3n) is 4.53. The number of urea groups is 1. The van der Waals surface area contributed by atoms with Gasteiger partial charge in [-0.15, -0.1) is 0 Å². The fourth-order valence-corrected chi connectivity index (χ4v) is 3.10. The smallest absolute Gasteiger partial charge is 0.337 e. The normalized spacial score (nSPS) is 10.5. The van der Waals surface area contributed by atoms with E-state index in [1.165, 1.54) is 7.11 Å². The molecule has 0 bridgehead atoms. The number of ether oxygens (including phenoxy) is 1. The number of anilines is 2. The molecule has 1 heterocycles. The summed E-state index contributed by atoms with van der Waals surface area (Å²) in [4.78, 5) is 27.2. The van der Waals surface area contributed by atoms with Gasteiger partial charge in [0.2, 0.25) is 0 Å². The highest BCUT2D eigenvalue weighted by Gasteiger charge is 2.08. The van der Waals surface area contributed by atoms with Crippen molar-refractivity contribution in [2.24, 2.45) is 0 Å². The molecule has 2 amide bonds. The lowest BCUT2D eigenvalue weighted by Crippen LogP contribution is -2.19. The van der Waals surface area contributed by atoms with E-state index in [1.807, 2.05) is 42.5 Å². The number of aromatic amines is 1. The van der Waals surface area contributed by atoms with Crippen molar-refractivity contribution in [1.29, 1.82) is 0 Å². The average molecular weight is 385 g/mol. The molecule has 0 spiro atoms. The summed E-state index contributed by atoms with van der Waals surface area (Å²) in [7, 11) is 1.31. The number of hydrogen-bond donors (Lipinski definition) is 3. The van der Waals surface area contributed by atoms with Crippen LogP contribution in [0.1, 0.15) is 10.4 Å². The Hall–Kier alpha value is -4.06. The van der Waals surface area contributed by atoms with Crippen molar-refractivity contribution in [2.45, 2.75) is 0 Å². The second-order valence-corrected chi connectivity index (χ2v) is 6.50. The molecule has 0 atom stereocenters. The molecular weight excluding hydrogens is 366 g/mol. The van der Waals surface area contributed by atoms with Gasteiger partial charge in [0.15, 0.2) is 0 Å². The Balaban J connectivity index is 1.43. The van der Waals surface area contributed by atoms with Crippen LogP contribution < -0.4 is 10.6 Å². The number of esters is 1. The number of amides is 2. The Bertz CT molecular complexity index is 1150. The first-order valence-corrected chi connectivity index (χ1v) is 9.07. The summed E-state index contributed by atoms with van der Waals surface area (Å²) in [6, 6.07) is 23.9. The Kier molecular flexibility index (Phi) is 4.99. The molecule has 29 heavy (non-hydrogen) atoms. The largest absolute Gasteiger partial charge is 0.465 e. The van der Waals surface area contributed by atoms with Crippen LogP contribution >= 0.6 is 0 Å². The number of para-hydroxylation sites is 1. The second-order valence-electron chi connectivity index (χ2n) is 6.50. The monoisotopic (exact) mass is 385 g/mol. The summed E-state index contributed by atoms with van der Waals surface area (Å²) in [5, 5.41) is 6.64. The summed E-state index contributed by atoms with van der Waals surface area (Å²) < 4.78 is 4.69. The summed E-state index contributed by atoms with van der Waals surface area (Å²) in [6.45, 7) is 0. The van der Waals surface area contributed by atoms with E-state index in [2.05, 4.69) is 32.5 Å². The lowest BCUT2D eigenvalue weighted by Gasteiger charge is -2.09. The van der Waals surface area contributed by atoms with Gasteiger partial charge >= 0.3 is 12.0 Å². The molecule has 0 saturated carbocycles. The number of fused-ring (bicyclic) bond motifs is 1. The van der Waals surface area contributed by atoms with E-state index in [4.69, 9.17) is 0 Å². The summed E-state index contributed by atoms with van der Waals surface area (Å²) in [6.07, 6.45) is 0. The topological polar surface area (TPSA) is 83.2 Å². The Morgan fingerprint density at radius 1 is 0.828 bits per heavy atom. The van der Waals surface area contributed by atoms with Crippen LogP contribution in [0.5, 0.6) is 0 Å². The van der Waals surface area contributed by atoms with E-state index < -0.39 is 12.0 Å². The quantitative estimate of drug-likeness (QED) is 0.419. The van der Waals surface area contributed by atoms with E-state index in [1.54, 1.807) is 24.3 Å². The highest BCUT2D eigenvalue weighted by atomic mass is 16.5. The lowest BCUT2D eigenvalue weighted by atomic mass is 10.1. The van der Waals surface area contributed by atoms with Crippen LogP contribution in [0.4, 0.5) is 16.2 Å². The standard InChI is InChI=1S/C23H19N3O3/c1-29-22(27)17-6-4-7-19(13-17)25-23(28)24-18-11-9-15(10-12-18)21-14-16-5-2-3-8-20(16)26-21/h2-14,26H,1H3,(H2,24,25,28). The van der Waals surface area contributed by atoms with Crippen molar-refractivity contribution in [2.75, 3.05) is 17.7 Å². The molecular formula is C23H19N3O3. The number of carbonyl (C=O) groups excluding carboxylic acids is 2. The van der Waals surface area contributed by atoms with E-state index in [9.17, 15) is 9.59 Å². The third kappa shape index (κ3) is 4.11. The molecule has 0 fully saturated rings. The van der Waals surface area contributed by atoms with Gasteiger partial charge in [0.1, 0.15) is 0 Å². The van der Waals surface area contributed by atoms with E-state index in [0.717, 1.165) is 22.2 Å². The first kappa shape index (κ1) is 18.3. The molecule has 3 aromatic carbocycles. The van der Waals surface area contributed by atoms with Gasteiger partial charge in [-0.2, -0.15) is 0 Å². The third-order valence-corrected chi connectivity index (χ3v) is 4.53. The van der Waals surface area contributed by atoms with Crippen molar-refractivity contribution in [3.63, 3.8) is 0 Å². The zero-order valence-corrected chi connectivity index (χ0v) is 15.7. The zero-order chi connectivity index (χ0) is 20.2. The molecule has 1 aromatic heterocycles. The minimum Gasteiger partial charge on any atom is -0.465 e. The average Bonchev–Trinajstić information content (AvgIpc) is 3.18. The predicted molar refractivity (Wildman–Crippen MR) is 114 cm³/mol. The molecule has 6 nitrogen and oxygen atoms in total. The number of benzene rings is 3. The minimum atomic E-state index is -0.457. The highest BCUT2D eigenvalue weighted by molar-refractivity contribution is 6.01. The molecule has 4 aromatic rings. The minimum absolute atomic E-state index is 0.369. The molecule has 144 valence electrons. The maximum Gasteiger partial charge on any atom is 0.337 e. The molecule has 0 saturated heterocycles. The number of rotatable bonds is 4. The van der Waals surface area contributed by atoms with E-state index in [-0.39, 0.29) is 0 Å². The molecule has 0 aliphatic rings. The van der Waals surface area contributed by atoms with Crippen LogP contribution in [0, 0.1) is 0 Å². The van der Waals surface area contributed by atoms with Gasteiger partial charge in [-0.25, -0.2) is 9.59 Å². The SMILES string of the molecule is COC(=O)c1cccc(NC(=O)Nc2ccc(-c3cc4ccccc4[nH]3)cc2)c1. The fourth-order valence-electron chi connectivity index (χ4n) is 3.10. The first-order chi connectivity index (χ1) is 14.1. The lowest BCUT2D eigenvalue weighted by molar-refractivity contribution is 0.0600. The predicted octanol–water partition coefficient (Wildman–Crippen LogP) is 5.27. The number of carbonyl (C=O) groups is 2. The Labute approximate surface area is 167 Å². The molecule has 3 N–H and O–H groups in total. The zero-order valence-electron chi connectivity index (χ0n) is 15.7. The van der Waals surface area contributed by atoms with Crippen LogP contribution in [0.15, 0.2) is 78.9 Å². The van der Waals surface area contributed by atoms with Crippen molar-refractivity contribution in [1.82, 2.24) is 4.98 Å². The van der Waals surface area contributed by atoms with Crippen LogP contribution in [0.25, 0.3) is 22.2 Å². The van der Waals surface area contributed by atoms with Gasteiger partial charge in [-0.1, -0.05) is 36.4 Å². The summed E-state index contributed by atoms with van der Waals surface area (Å²) >= 11 is 0. The summed E-state index contributed by atoms with van der Waals surface area (Å²) in [5.41, 5.74) is 4.65. The maximum absolute atomic E-state index is 12.3. The molecule has 0 radical (unpaired) electrons. The van der Waals surface area contributed by atoms with Crippen molar-refractivity contribution in [3.05, 3.63) is 84.4 Å². The van der Waals surface area contributed by atoms with Crippen LogP contribution in [-0.4, -0.2) is 24.1 Å². The van der Waals surface area contributed by atoms with Crippen LogP contribution in [0.2, 0.25) is 0 Å². The van der Waals surface area contributed by atoms with Crippen LogP contribution in [-0.2, 0) is 4.74 Å². The highest BCUT2D eigenvalue weighted by Crippen LogP contribution is 2.25. The van der Waals surface area contributed by atoms with Crippen molar-refractivity contribution < 1.29 is 14.3 Å². The Morgan fingerprint density at radius 2 is 1.59 bits per heavy atom. The molecule has 6 heteroatoms. The second kappa shape index (κ2) is 7.90. The Morgan fingerprint density at radius 3 is 2.34 bits per heavy atom. The molecule has 0 aliphatic carbocycles. The van der Waals surface area contributed by atoms with E-state index >= 15 is 0 Å². The van der Waals surface area contributed by atoms with Crippen molar-refractivity contribution >= 4 is 34.3 Å². The van der Waals surface area contributed by atoms with Gasteiger partial charge in [-0.05, 0) is 48.0 Å². The number of methoxy groups -OCH3 is 1. The first-order valence-electron chi connectivity index (χ1n) is 9.07. The molecule has 0 unspecified atom stereocenters. The number of aromatic nitrogens is 1. The van der Waals surface area contributed by atoms with Gasteiger partial charge in [0, 0.05) is 28.0 Å². The van der Waals surface area contributed by atoms with Crippen LogP contribution in [0.3, 0.4) is 0 Å².